The molecule has 2 rings (SSSR count). The second-order valence-electron chi connectivity index (χ2n) is 5.66. The molecule has 0 atom stereocenters. The van der Waals surface area contributed by atoms with Gasteiger partial charge in [-0.05, 0) is 28.7 Å². The quantitative estimate of drug-likeness (QED) is 0.895. The SMILES string of the molecule is CC(C)(C)c1ccccc1NCc1cncc(F)c1. The van der Waals surface area contributed by atoms with Crippen molar-refractivity contribution in [3.05, 3.63) is 59.7 Å². The fourth-order valence-electron chi connectivity index (χ4n) is 2.04. The van der Waals surface area contributed by atoms with E-state index < -0.39 is 0 Å². The van der Waals surface area contributed by atoms with Crippen molar-refractivity contribution in [1.82, 2.24) is 4.98 Å². The lowest BCUT2D eigenvalue weighted by atomic mass is 9.86. The molecule has 0 amide bonds. The highest BCUT2D eigenvalue weighted by molar-refractivity contribution is 5.54. The zero-order valence-electron chi connectivity index (χ0n) is 11.6. The lowest BCUT2D eigenvalue weighted by molar-refractivity contribution is 0.591. The van der Waals surface area contributed by atoms with Crippen molar-refractivity contribution in [3.8, 4) is 0 Å². The summed E-state index contributed by atoms with van der Waals surface area (Å²) in [5.41, 5.74) is 3.24. The zero-order chi connectivity index (χ0) is 13.9. The van der Waals surface area contributed by atoms with E-state index in [1.54, 1.807) is 6.20 Å². The minimum absolute atomic E-state index is 0.0732. The lowest BCUT2D eigenvalue weighted by Crippen LogP contribution is -2.14. The third-order valence-corrected chi connectivity index (χ3v) is 2.98. The average Bonchev–Trinajstić information content (AvgIpc) is 2.36. The number of pyridine rings is 1. The summed E-state index contributed by atoms with van der Waals surface area (Å²) in [5, 5.41) is 3.36. The van der Waals surface area contributed by atoms with Gasteiger partial charge in [-0.25, -0.2) is 4.39 Å². The first kappa shape index (κ1) is 13.5. The number of rotatable bonds is 3. The van der Waals surface area contributed by atoms with Gasteiger partial charge in [0.2, 0.25) is 0 Å². The number of anilines is 1. The first-order valence-corrected chi connectivity index (χ1v) is 6.39. The minimum Gasteiger partial charge on any atom is -0.381 e. The van der Waals surface area contributed by atoms with Crippen molar-refractivity contribution in [3.63, 3.8) is 0 Å². The largest absolute Gasteiger partial charge is 0.381 e. The van der Waals surface area contributed by atoms with Gasteiger partial charge in [-0.15, -0.1) is 0 Å². The Hall–Kier alpha value is -1.90. The van der Waals surface area contributed by atoms with Gasteiger partial charge in [0, 0.05) is 18.4 Å². The van der Waals surface area contributed by atoms with E-state index in [1.165, 1.54) is 17.8 Å². The van der Waals surface area contributed by atoms with E-state index in [1.807, 2.05) is 18.2 Å². The molecule has 0 saturated heterocycles. The van der Waals surface area contributed by atoms with Crippen molar-refractivity contribution in [2.75, 3.05) is 5.32 Å². The Bertz CT molecular complexity index is 559. The number of nitrogens with one attached hydrogen (secondary N) is 1. The summed E-state index contributed by atoms with van der Waals surface area (Å²) >= 11 is 0. The maximum absolute atomic E-state index is 13.1. The Kier molecular flexibility index (Phi) is 3.84. The van der Waals surface area contributed by atoms with Crippen LogP contribution in [-0.4, -0.2) is 4.98 Å². The van der Waals surface area contributed by atoms with Crippen molar-refractivity contribution in [1.29, 1.82) is 0 Å². The smallest absolute Gasteiger partial charge is 0.141 e. The van der Waals surface area contributed by atoms with Crippen molar-refractivity contribution in [2.24, 2.45) is 0 Å². The van der Waals surface area contributed by atoms with Crippen LogP contribution in [0.5, 0.6) is 0 Å². The number of benzene rings is 1. The molecule has 1 aromatic carbocycles. The average molecular weight is 258 g/mol. The molecule has 0 aliphatic rings. The molecule has 0 spiro atoms. The Morgan fingerprint density at radius 2 is 1.89 bits per heavy atom. The first-order chi connectivity index (χ1) is 8.97. The van der Waals surface area contributed by atoms with Gasteiger partial charge in [0.25, 0.3) is 0 Å². The fraction of sp³-hybridized carbons (Fsp3) is 0.312. The van der Waals surface area contributed by atoms with Crippen LogP contribution < -0.4 is 5.32 Å². The lowest BCUT2D eigenvalue weighted by Gasteiger charge is -2.23. The third kappa shape index (κ3) is 3.53. The predicted octanol–water partition coefficient (Wildman–Crippen LogP) is 4.13. The fourth-order valence-corrected chi connectivity index (χ4v) is 2.04. The standard InChI is InChI=1S/C16H19FN2/c1-16(2,3)14-6-4-5-7-15(14)19-10-12-8-13(17)11-18-9-12/h4-9,11,19H,10H2,1-3H3. The molecule has 1 heterocycles. The number of para-hydroxylation sites is 1. The second-order valence-corrected chi connectivity index (χ2v) is 5.66. The van der Waals surface area contributed by atoms with Crippen LogP contribution in [0.15, 0.2) is 42.7 Å². The van der Waals surface area contributed by atoms with Crippen molar-refractivity contribution < 1.29 is 4.39 Å². The molecule has 0 unspecified atom stereocenters. The Morgan fingerprint density at radius 3 is 2.58 bits per heavy atom. The molecule has 3 heteroatoms. The van der Waals surface area contributed by atoms with Crippen LogP contribution in [-0.2, 0) is 12.0 Å². The van der Waals surface area contributed by atoms with Gasteiger partial charge < -0.3 is 5.32 Å². The van der Waals surface area contributed by atoms with Crippen LogP contribution in [0.25, 0.3) is 0 Å². The van der Waals surface area contributed by atoms with Crippen LogP contribution >= 0.6 is 0 Å². The molecular formula is C16H19FN2. The Balaban J connectivity index is 2.16. The van der Waals surface area contributed by atoms with E-state index in [9.17, 15) is 4.39 Å². The van der Waals surface area contributed by atoms with Crippen LogP contribution in [0.1, 0.15) is 31.9 Å². The molecule has 0 radical (unpaired) electrons. The van der Waals surface area contributed by atoms with E-state index in [0.29, 0.717) is 6.54 Å². The van der Waals surface area contributed by atoms with E-state index in [-0.39, 0.29) is 11.2 Å². The van der Waals surface area contributed by atoms with Crippen LogP contribution in [0.3, 0.4) is 0 Å². The highest BCUT2D eigenvalue weighted by Crippen LogP contribution is 2.29. The van der Waals surface area contributed by atoms with Crippen LogP contribution in [0.4, 0.5) is 10.1 Å². The van der Waals surface area contributed by atoms with Crippen molar-refractivity contribution in [2.45, 2.75) is 32.7 Å². The number of hydrogen-bond donors (Lipinski definition) is 1. The molecule has 0 aliphatic heterocycles. The maximum atomic E-state index is 13.1. The number of halogens is 1. The van der Waals surface area contributed by atoms with Gasteiger partial charge in [-0.2, -0.15) is 0 Å². The molecule has 0 aliphatic carbocycles. The molecule has 1 N–H and O–H groups in total. The monoisotopic (exact) mass is 258 g/mol. The topological polar surface area (TPSA) is 24.9 Å². The highest BCUT2D eigenvalue weighted by Gasteiger charge is 2.17. The summed E-state index contributed by atoms with van der Waals surface area (Å²) in [6.07, 6.45) is 2.89. The number of nitrogens with zero attached hydrogens (tertiary/aromatic N) is 1. The molecule has 1 aromatic heterocycles. The Labute approximate surface area is 113 Å². The van der Waals surface area contributed by atoms with E-state index in [2.05, 4.69) is 37.1 Å². The molecule has 2 aromatic rings. The molecule has 19 heavy (non-hydrogen) atoms. The third-order valence-electron chi connectivity index (χ3n) is 2.98. The predicted molar refractivity (Wildman–Crippen MR) is 76.7 cm³/mol. The van der Waals surface area contributed by atoms with Gasteiger partial charge >= 0.3 is 0 Å². The summed E-state index contributed by atoms with van der Waals surface area (Å²) in [6, 6.07) is 9.70. The van der Waals surface area contributed by atoms with Gasteiger partial charge in [-0.3, -0.25) is 4.98 Å². The summed E-state index contributed by atoms with van der Waals surface area (Å²) < 4.78 is 13.1. The molecule has 100 valence electrons. The molecule has 0 saturated carbocycles. The molecule has 0 bridgehead atoms. The van der Waals surface area contributed by atoms with Gasteiger partial charge in [-0.1, -0.05) is 39.0 Å². The molecule has 2 nitrogen and oxygen atoms in total. The Morgan fingerprint density at radius 1 is 1.16 bits per heavy atom. The van der Waals surface area contributed by atoms with Crippen molar-refractivity contribution >= 4 is 5.69 Å². The van der Waals surface area contributed by atoms with E-state index in [0.717, 1.165) is 11.3 Å². The highest BCUT2D eigenvalue weighted by atomic mass is 19.1. The minimum atomic E-state index is -0.302. The van der Waals surface area contributed by atoms with Gasteiger partial charge in [0.15, 0.2) is 0 Å². The summed E-state index contributed by atoms with van der Waals surface area (Å²) in [5.74, 6) is -0.302. The van der Waals surface area contributed by atoms with Crippen LogP contribution in [0.2, 0.25) is 0 Å². The summed E-state index contributed by atoms with van der Waals surface area (Å²) in [4.78, 5) is 3.85. The summed E-state index contributed by atoms with van der Waals surface area (Å²) in [6.45, 7) is 7.10. The van der Waals surface area contributed by atoms with Gasteiger partial charge in [0.05, 0.1) is 6.20 Å². The molecule has 0 fully saturated rings. The van der Waals surface area contributed by atoms with Gasteiger partial charge in [0.1, 0.15) is 5.82 Å². The first-order valence-electron chi connectivity index (χ1n) is 6.39. The number of aromatic nitrogens is 1. The maximum Gasteiger partial charge on any atom is 0.141 e. The molecular weight excluding hydrogens is 239 g/mol. The zero-order valence-corrected chi connectivity index (χ0v) is 11.6. The summed E-state index contributed by atoms with van der Waals surface area (Å²) in [7, 11) is 0. The van der Waals surface area contributed by atoms with E-state index >= 15 is 0 Å². The normalized spacial score (nSPS) is 11.4. The van der Waals surface area contributed by atoms with Crippen LogP contribution in [0, 0.1) is 5.82 Å². The second kappa shape index (κ2) is 5.39. The van der Waals surface area contributed by atoms with E-state index in [4.69, 9.17) is 0 Å². The number of hydrogen-bond acceptors (Lipinski definition) is 2.